The van der Waals surface area contributed by atoms with Crippen LogP contribution in [0.3, 0.4) is 0 Å². The number of aliphatic hydroxyl groups is 1. The van der Waals surface area contributed by atoms with E-state index in [4.69, 9.17) is 9.84 Å². The Labute approximate surface area is 222 Å². The number of aliphatic hydroxyl groups excluding tert-OH is 1. The van der Waals surface area contributed by atoms with Crippen molar-refractivity contribution in [2.24, 2.45) is 0 Å². The lowest BCUT2D eigenvalue weighted by Gasteiger charge is -2.28. The number of β-amino-alcohol motifs (C(OH)–C–C–N with tert-alkyl or cyclic N) is 1. The maximum Gasteiger partial charge on any atom is 0.335 e. The molecule has 0 radical (unpaired) electrons. The third-order valence-corrected chi connectivity index (χ3v) is 6.72. The number of aromatic carboxylic acids is 1. The van der Waals surface area contributed by atoms with Crippen LogP contribution in [0.15, 0.2) is 84.9 Å². The summed E-state index contributed by atoms with van der Waals surface area (Å²) >= 11 is 0. The van der Waals surface area contributed by atoms with Crippen LogP contribution in [0, 0.1) is 5.82 Å². The molecule has 0 saturated carbocycles. The van der Waals surface area contributed by atoms with Gasteiger partial charge in [0.25, 0.3) is 0 Å². The van der Waals surface area contributed by atoms with Crippen LogP contribution in [-0.4, -0.2) is 41.0 Å². The molecular weight excluding hydrogens is 481 g/mol. The summed E-state index contributed by atoms with van der Waals surface area (Å²) in [6.45, 7) is 6.54. The van der Waals surface area contributed by atoms with Crippen LogP contribution in [0.25, 0.3) is 21.9 Å². The Balaban J connectivity index is 1.34. The molecule has 5 nitrogen and oxygen atoms in total. The molecule has 0 aromatic heterocycles. The van der Waals surface area contributed by atoms with E-state index in [0.717, 1.165) is 18.1 Å². The van der Waals surface area contributed by atoms with Crippen molar-refractivity contribution >= 4 is 16.7 Å². The van der Waals surface area contributed by atoms with E-state index in [1.807, 2.05) is 31.2 Å². The summed E-state index contributed by atoms with van der Waals surface area (Å²) in [5.41, 5.74) is 2.57. The van der Waals surface area contributed by atoms with E-state index in [2.05, 4.69) is 49.5 Å². The first-order valence-electron chi connectivity index (χ1n) is 12.8. The maximum atomic E-state index is 14.7. The summed E-state index contributed by atoms with van der Waals surface area (Å²) in [5, 5.41) is 25.6. The number of hydrogen-bond acceptors (Lipinski definition) is 4. The van der Waals surface area contributed by atoms with Gasteiger partial charge in [0.05, 0.1) is 24.4 Å². The Kier molecular flexibility index (Phi) is 8.57. The number of ether oxygens (including phenoxy) is 1. The van der Waals surface area contributed by atoms with Crippen LogP contribution < -0.4 is 5.32 Å². The van der Waals surface area contributed by atoms with Gasteiger partial charge < -0.3 is 20.3 Å². The quantitative estimate of drug-likeness (QED) is 0.216. The number of carboxylic acid groups (broad SMARTS) is 1. The number of benzene rings is 4. The van der Waals surface area contributed by atoms with Crippen LogP contribution in [0.5, 0.6) is 0 Å². The standard InChI is InChI=1S/C32H34FNO4/c1-21(27-10-6-7-11-28(27)29-15-14-25(31(36)37)17-30(29)33)38-20-26(35)19-34-32(2,3)18-22-12-13-23-8-4-5-9-24(23)16-22/h4-17,21,26,34-35H,18-20H2,1-3H3,(H,36,37)/t21-,26-/m1/s1. The SMILES string of the molecule is C[C@@H](OC[C@H](O)CNC(C)(C)Cc1ccc2ccccc2c1)c1ccccc1-c1ccc(C(=O)O)cc1F. The highest BCUT2D eigenvalue weighted by Gasteiger charge is 2.21. The van der Waals surface area contributed by atoms with Crippen molar-refractivity contribution in [3.05, 3.63) is 107 Å². The van der Waals surface area contributed by atoms with Crippen molar-refractivity contribution in [2.75, 3.05) is 13.2 Å². The van der Waals surface area contributed by atoms with Crippen molar-refractivity contribution in [3.63, 3.8) is 0 Å². The largest absolute Gasteiger partial charge is 0.478 e. The van der Waals surface area contributed by atoms with Crippen LogP contribution in [-0.2, 0) is 11.2 Å². The van der Waals surface area contributed by atoms with Crippen LogP contribution in [0.4, 0.5) is 4.39 Å². The summed E-state index contributed by atoms with van der Waals surface area (Å²) in [4.78, 5) is 11.2. The molecule has 0 saturated heterocycles. The zero-order valence-electron chi connectivity index (χ0n) is 21.9. The Morgan fingerprint density at radius 3 is 2.39 bits per heavy atom. The van der Waals surface area contributed by atoms with Crippen LogP contribution in [0.2, 0.25) is 0 Å². The molecule has 38 heavy (non-hydrogen) atoms. The minimum atomic E-state index is -1.18. The molecule has 198 valence electrons. The highest BCUT2D eigenvalue weighted by molar-refractivity contribution is 5.88. The fourth-order valence-corrected chi connectivity index (χ4v) is 4.68. The van der Waals surface area contributed by atoms with E-state index in [0.29, 0.717) is 17.7 Å². The number of nitrogens with one attached hydrogen (secondary N) is 1. The normalized spacial score (nSPS) is 13.4. The number of fused-ring (bicyclic) bond motifs is 1. The second-order valence-corrected chi connectivity index (χ2v) is 10.3. The first-order chi connectivity index (χ1) is 18.1. The van der Waals surface area contributed by atoms with E-state index >= 15 is 0 Å². The third-order valence-electron chi connectivity index (χ3n) is 6.72. The van der Waals surface area contributed by atoms with E-state index in [-0.39, 0.29) is 17.7 Å². The van der Waals surface area contributed by atoms with Gasteiger partial charge in [0.15, 0.2) is 0 Å². The van der Waals surface area contributed by atoms with Gasteiger partial charge >= 0.3 is 5.97 Å². The summed E-state index contributed by atoms with van der Waals surface area (Å²) in [7, 11) is 0. The lowest BCUT2D eigenvalue weighted by Crippen LogP contribution is -2.46. The van der Waals surface area contributed by atoms with E-state index in [1.165, 1.54) is 28.5 Å². The molecule has 0 fully saturated rings. The molecule has 0 amide bonds. The highest BCUT2D eigenvalue weighted by atomic mass is 19.1. The Bertz CT molecular complexity index is 1420. The lowest BCUT2D eigenvalue weighted by molar-refractivity contribution is -0.00397. The lowest BCUT2D eigenvalue weighted by atomic mass is 9.93. The van der Waals surface area contributed by atoms with E-state index in [1.54, 1.807) is 12.1 Å². The van der Waals surface area contributed by atoms with Gasteiger partial charge in [0, 0.05) is 17.6 Å². The Morgan fingerprint density at radius 1 is 0.947 bits per heavy atom. The molecule has 0 bridgehead atoms. The van der Waals surface area contributed by atoms with Gasteiger partial charge in [-0.3, -0.25) is 0 Å². The van der Waals surface area contributed by atoms with Crippen molar-refractivity contribution in [2.45, 2.75) is 44.9 Å². The molecule has 0 spiro atoms. The molecule has 0 aliphatic rings. The number of carbonyl (C=O) groups is 1. The predicted molar refractivity (Wildman–Crippen MR) is 149 cm³/mol. The molecule has 0 unspecified atom stereocenters. The van der Waals surface area contributed by atoms with Crippen LogP contribution in [0.1, 0.15) is 48.4 Å². The minimum absolute atomic E-state index is 0.104. The molecule has 2 atom stereocenters. The first kappa shape index (κ1) is 27.5. The topological polar surface area (TPSA) is 78.8 Å². The van der Waals surface area contributed by atoms with Gasteiger partial charge in [-0.2, -0.15) is 0 Å². The molecule has 3 N–H and O–H groups in total. The highest BCUT2D eigenvalue weighted by Crippen LogP contribution is 2.32. The van der Waals surface area contributed by atoms with Gasteiger partial charge in [-0.15, -0.1) is 0 Å². The summed E-state index contributed by atoms with van der Waals surface area (Å²) < 4.78 is 20.7. The van der Waals surface area contributed by atoms with E-state index in [9.17, 15) is 14.3 Å². The fourth-order valence-electron chi connectivity index (χ4n) is 4.68. The van der Waals surface area contributed by atoms with E-state index < -0.39 is 24.0 Å². The summed E-state index contributed by atoms with van der Waals surface area (Å²) in [6, 6.07) is 25.9. The Morgan fingerprint density at radius 2 is 1.66 bits per heavy atom. The Hall–Kier alpha value is -3.58. The molecule has 6 heteroatoms. The molecule has 0 aliphatic carbocycles. The van der Waals surface area contributed by atoms with Crippen molar-refractivity contribution in [3.8, 4) is 11.1 Å². The molecule has 0 heterocycles. The number of carboxylic acids is 1. The maximum absolute atomic E-state index is 14.7. The van der Waals surface area contributed by atoms with Crippen molar-refractivity contribution in [1.29, 1.82) is 0 Å². The molecule has 4 aromatic rings. The zero-order valence-corrected chi connectivity index (χ0v) is 21.9. The van der Waals surface area contributed by atoms with Gasteiger partial charge in [0.2, 0.25) is 0 Å². The second kappa shape index (κ2) is 11.9. The first-order valence-corrected chi connectivity index (χ1v) is 12.8. The average molecular weight is 516 g/mol. The van der Waals surface area contributed by atoms with Gasteiger partial charge in [-0.05, 0) is 66.8 Å². The number of rotatable bonds is 11. The third kappa shape index (κ3) is 6.84. The minimum Gasteiger partial charge on any atom is -0.478 e. The number of halogens is 1. The smallest absolute Gasteiger partial charge is 0.335 e. The second-order valence-electron chi connectivity index (χ2n) is 10.3. The average Bonchev–Trinajstić information content (AvgIpc) is 2.90. The molecule has 4 rings (SSSR count). The summed E-state index contributed by atoms with van der Waals surface area (Å²) in [6.07, 6.45) is -0.335. The molecular formula is C32H34FNO4. The van der Waals surface area contributed by atoms with Gasteiger partial charge in [0.1, 0.15) is 5.82 Å². The van der Waals surface area contributed by atoms with Gasteiger partial charge in [-0.1, -0.05) is 72.8 Å². The van der Waals surface area contributed by atoms with Crippen molar-refractivity contribution in [1.82, 2.24) is 5.32 Å². The molecule has 0 aliphatic heterocycles. The predicted octanol–water partition coefficient (Wildman–Crippen LogP) is 6.39. The monoisotopic (exact) mass is 515 g/mol. The molecule has 4 aromatic carbocycles. The van der Waals surface area contributed by atoms with Crippen LogP contribution >= 0.6 is 0 Å². The van der Waals surface area contributed by atoms with Gasteiger partial charge in [-0.25, -0.2) is 9.18 Å². The summed E-state index contributed by atoms with van der Waals surface area (Å²) in [5.74, 6) is -1.79. The zero-order chi connectivity index (χ0) is 27.3. The van der Waals surface area contributed by atoms with Crippen molar-refractivity contribution < 1.29 is 24.1 Å². The fraction of sp³-hybridized carbons (Fsp3) is 0.281. The number of hydrogen-bond donors (Lipinski definition) is 3.